The molecule has 4 nitrogen and oxygen atoms in total. The molecular formula is C34H52N4. The molecular weight excluding hydrogens is 464 g/mol. The van der Waals surface area contributed by atoms with Crippen molar-refractivity contribution >= 4 is 23.2 Å². The van der Waals surface area contributed by atoms with Crippen molar-refractivity contribution in [2.45, 2.75) is 73.3 Å². The summed E-state index contributed by atoms with van der Waals surface area (Å²) < 4.78 is 0. The Balaban J connectivity index is 0.00000213. The van der Waals surface area contributed by atoms with Gasteiger partial charge in [-0.2, -0.15) is 0 Å². The Morgan fingerprint density at radius 2 is 1.68 bits per heavy atom. The molecule has 3 rings (SSSR count). The smallest absolute Gasteiger partial charge is 0.134 e. The summed E-state index contributed by atoms with van der Waals surface area (Å²) >= 11 is 0. The molecule has 0 amide bonds. The fourth-order valence-corrected chi connectivity index (χ4v) is 4.31. The van der Waals surface area contributed by atoms with E-state index < -0.39 is 0 Å². The van der Waals surface area contributed by atoms with E-state index >= 15 is 0 Å². The highest BCUT2D eigenvalue weighted by Gasteiger charge is 2.19. The van der Waals surface area contributed by atoms with E-state index in [2.05, 4.69) is 86.5 Å². The minimum Gasteiger partial charge on any atom is -0.383 e. The maximum absolute atomic E-state index is 5.17. The number of aliphatic imine (C=N–C) groups is 1. The quantitative estimate of drug-likeness (QED) is 0.216. The van der Waals surface area contributed by atoms with E-state index in [1.54, 1.807) is 0 Å². The zero-order chi connectivity index (χ0) is 29.1. The van der Waals surface area contributed by atoms with Gasteiger partial charge in [0.1, 0.15) is 5.82 Å². The number of anilines is 1. The van der Waals surface area contributed by atoms with Crippen LogP contribution in [0.3, 0.4) is 0 Å². The third-order valence-corrected chi connectivity index (χ3v) is 5.89. The van der Waals surface area contributed by atoms with E-state index in [1.807, 2.05) is 66.0 Å². The van der Waals surface area contributed by atoms with Crippen molar-refractivity contribution in [3.8, 4) is 11.3 Å². The molecule has 0 radical (unpaired) electrons. The van der Waals surface area contributed by atoms with Crippen molar-refractivity contribution in [3.05, 3.63) is 85.1 Å². The predicted molar refractivity (Wildman–Crippen MR) is 174 cm³/mol. The van der Waals surface area contributed by atoms with Crippen LogP contribution in [0.1, 0.15) is 77.0 Å². The highest BCUT2D eigenvalue weighted by molar-refractivity contribution is 6.11. The topological polar surface area (TPSA) is 40.5 Å². The predicted octanol–water partition coefficient (Wildman–Crippen LogP) is 9.46. The lowest BCUT2D eigenvalue weighted by Gasteiger charge is -2.19. The van der Waals surface area contributed by atoms with Crippen LogP contribution in [0.25, 0.3) is 22.4 Å². The van der Waals surface area contributed by atoms with E-state index in [4.69, 9.17) is 4.98 Å². The maximum atomic E-state index is 5.17. The number of aromatic nitrogens is 1. The highest BCUT2D eigenvalue weighted by Crippen LogP contribution is 2.33. The van der Waals surface area contributed by atoms with Crippen LogP contribution in [-0.4, -0.2) is 43.3 Å². The molecule has 1 aromatic heterocycles. The van der Waals surface area contributed by atoms with Crippen molar-refractivity contribution in [1.82, 2.24) is 9.88 Å². The second-order valence-corrected chi connectivity index (χ2v) is 8.64. The number of aryl methyl sites for hydroxylation is 1. The van der Waals surface area contributed by atoms with Gasteiger partial charge in [-0.15, -0.1) is 13.2 Å². The van der Waals surface area contributed by atoms with Crippen molar-refractivity contribution in [2.24, 2.45) is 4.99 Å². The number of rotatable bonds is 8. The third-order valence-electron chi connectivity index (χ3n) is 5.89. The molecule has 1 N–H and O–H groups in total. The molecule has 1 aliphatic rings. The van der Waals surface area contributed by atoms with Gasteiger partial charge in [0.25, 0.3) is 0 Å². The number of nitrogens with one attached hydrogen (secondary N) is 1. The SMILES string of the molecule is C=C.C=C/C(=C\N(C)C)c1cccc(-c2nc(NC3CCCC3)c(/C(C=NC)=C/C)cc2C)c1.CC.CC. The maximum Gasteiger partial charge on any atom is 0.134 e. The molecule has 0 aliphatic heterocycles. The van der Waals surface area contributed by atoms with Crippen LogP contribution in [0.15, 0.2) is 73.4 Å². The molecule has 0 bridgehead atoms. The number of nitrogens with zero attached hydrogens (tertiary/aromatic N) is 3. The van der Waals surface area contributed by atoms with Crippen LogP contribution in [-0.2, 0) is 0 Å². The van der Waals surface area contributed by atoms with Crippen molar-refractivity contribution in [2.75, 3.05) is 26.5 Å². The van der Waals surface area contributed by atoms with Gasteiger partial charge in [0.2, 0.25) is 0 Å². The van der Waals surface area contributed by atoms with Gasteiger partial charge in [-0.1, -0.05) is 77.5 Å². The summed E-state index contributed by atoms with van der Waals surface area (Å²) in [6.07, 6.45) is 13.0. The largest absolute Gasteiger partial charge is 0.383 e. The summed E-state index contributed by atoms with van der Waals surface area (Å²) in [4.78, 5) is 11.5. The summed E-state index contributed by atoms with van der Waals surface area (Å²) in [5.41, 5.74) is 7.69. The molecule has 1 saturated carbocycles. The number of pyridine rings is 1. The van der Waals surface area contributed by atoms with Crippen LogP contribution < -0.4 is 5.32 Å². The molecule has 0 spiro atoms. The minimum absolute atomic E-state index is 0.482. The van der Waals surface area contributed by atoms with E-state index in [-0.39, 0.29) is 0 Å². The van der Waals surface area contributed by atoms with Gasteiger partial charge in [-0.05, 0) is 61.1 Å². The average molecular weight is 517 g/mol. The molecule has 1 fully saturated rings. The lowest BCUT2D eigenvalue weighted by Crippen LogP contribution is -2.17. The zero-order valence-corrected chi connectivity index (χ0v) is 25.6. The molecule has 0 saturated heterocycles. The van der Waals surface area contributed by atoms with E-state index in [1.165, 1.54) is 25.7 Å². The van der Waals surface area contributed by atoms with Gasteiger partial charge >= 0.3 is 0 Å². The highest BCUT2D eigenvalue weighted by atomic mass is 15.0. The molecule has 38 heavy (non-hydrogen) atoms. The van der Waals surface area contributed by atoms with Crippen molar-refractivity contribution in [1.29, 1.82) is 0 Å². The molecule has 1 aliphatic carbocycles. The number of hydrogen-bond acceptors (Lipinski definition) is 4. The second kappa shape index (κ2) is 19.7. The number of hydrogen-bond donors (Lipinski definition) is 1. The molecule has 0 atom stereocenters. The fraction of sp³-hybridized carbons (Fsp3) is 0.412. The first kappa shape index (κ1) is 34.6. The summed E-state index contributed by atoms with van der Waals surface area (Å²) in [5.74, 6) is 0.948. The van der Waals surface area contributed by atoms with Gasteiger partial charge in [-0.3, -0.25) is 4.99 Å². The molecule has 1 heterocycles. The third kappa shape index (κ3) is 10.2. The first-order valence-electron chi connectivity index (χ1n) is 13.9. The lowest BCUT2D eigenvalue weighted by atomic mass is 9.97. The Morgan fingerprint density at radius 3 is 2.21 bits per heavy atom. The molecule has 4 heteroatoms. The first-order valence-corrected chi connectivity index (χ1v) is 13.9. The fourth-order valence-electron chi connectivity index (χ4n) is 4.31. The Labute approximate surface area is 234 Å². The van der Waals surface area contributed by atoms with Crippen molar-refractivity contribution < 1.29 is 0 Å². The van der Waals surface area contributed by atoms with E-state index in [9.17, 15) is 0 Å². The first-order chi connectivity index (χ1) is 18.5. The van der Waals surface area contributed by atoms with Crippen LogP contribution in [0.5, 0.6) is 0 Å². The summed E-state index contributed by atoms with van der Waals surface area (Å²) in [7, 11) is 5.86. The summed E-state index contributed by atoms with van der Waals surface area (Å²) in [6.45, 7) is 22.2. The van der Waals surface area contributed by atoms with Gasteiger partial charge in [0, 0.05) is 50.7 Å². The van der Waals surface area contributed by atoms with Crippen LogP contribution >= 0.6 is 0 Å². The Kier molecular flexibility index (Phi) is 17.9. The standard InChI is InChI=1S/C28H36N4.2C2H6.C2H4/c1-7-21(18-29-4)26-16-20(3)27(31-28(26)30-25-14-9-10-15-25)24-13-11-12-23(17-24)22(8-2)19-32(5)6;3*1-2/h7-8,11-13,16-19,25H,2,9-10,14-15H2,1,3-6H3,(H,30,31);2*1-2H3;1-2H2/b21-7+,22-19+,29-18?;;;. The Morgan fingerprint density at radius 1 is 1.05 bits per heavy atom. The number of allylic oxidation sites excluding steroid dienone is 4. The second-order valence-electron chi connectivity index (χ2n) is 8.64. The Hall–Kier alpha value is -3.40. The Bertz CT molecular complexity index is 1050. The van der Waals surface area contributed by atoms with E-state index in [0.717, 1.165) is 44.9 Å². The van der Waals surface area contributed by atoms with Gasteiger partial charge < -0.3 is 10.2 Å². The molecule has 2 aromatic rings. The monoisotopic (exact) mass is 516 g/mol. The van der Waals surface area contributed by atoms with E-state index in [0.29, 0.717) is 6.04 Å². The van der Waals surface area contributed by atoms with Gasteiger partial charge in [0.15, 0.2) is 0 Å². The summed E-state index contributed by atoms with van der Waals surface area (Å²) in [6, 6.07) is 11.3. The van der Waals surface area contributed by atoms with Crippen LogP contribution in [0.4, 0.5) is 5.82 Å². The summed E-state index contributed by atoms with van der Waals surface area (Å²) in [5, 5.41) is 3.75. The molecule has 1 aromatic carbocycles. The molecule has 0 unspecified atom stereocenters. The van der Waals surface area contributed by atoms with Crippen LogP contribution in [0, 0.1) is 6.92 Å². The van der Waals surface area contributed by atoms with Crippen LogP contribution in [0.2, 0.25) is 0 Å². The normalized spacial score (nSPS) is 13.4. The average Bonchev–Trinajstić information content (AvgIpc) is 3.47. The van der Waals surface area contributed by atoms with Gasteiger partial charge in [0.05, 0.1) is 5.69 Å². The van der Waals surface area contributed by atoms with Gasteiger partial charge in [-0.25, -0.2) is 4.98 Å². The zero-order valence-electron chi connectivity index (χ0n) is 25.6. The van der Waals surface area contributed by atoms with Crippen molar-refractivity contribution in [3.63, 3.8) is 0 Å². The number of benzene rings is 1. The lowest BCUT2D eigenvalue weighted by molar-refractivity contribution is 0.566. The minimum atomic E-state index is 0.482. The molecule has 208 valence electrons.